The third-order valence-electron chi connectivity index (χ3n) is 12.2. The van der Waals surface area contributed by atoms with E-state index >= 15 is 0 Å². The Hall–Kier alpha value is -0.460. The fraction of sp³-hybridized carbons (Fsp3) is 0.950. The van der Waals surface area contributed by atoms with Gasteiger partial charge in [-0.1, -0.05) is 108 Å². The highest BCUT2D eigenvalue weighted by molar-refractivity contribution is 5.15. The zero-order valence-corrected chi connectivity index (χ0v) is 29.8. The molecule has 0 unspecified atom stereocenters. The summed E-state index contributed by atoms with van der Waals surface area (Å²) >= 11 is 0. The summed E-state index contributed by atoms with van der Waals surface area (Å²) in [5.41, 5.74) is 1.77. The van der Waals surface area contributed by atoms with E-state index in [9.17, 15) is 10.2 Å². The van der Waals surface area contributed by atoms with Crippen LogP contribution in [0.4, 0.5) is 0 Å². The molecule has 45 heavy (non-hydrogen) atoms. The van der Waals surface area contributed by atoms with Crippen molar-refractivity contribution in [2.24, 2.45) is 5.92 Å². The van der Waals surface area contributed by atoms with Crippen LogP contribution in [-0.4, -0.2) is 70.6 Å². The molecule has 8 atom stereocenters. The fourth-order valence-corrected chi connectivity index (χ4v) is 9.17. The molecule has 5 nitrogen and oxygen atoms in total. The standard InChI is InChI=1S/C40H75N3O2/c1-32-39(44)27-25-36(41-32)22-17-13-9-5-3-7-11-15-20-34-30-35(38-24-19-29-43(38)31-34)21-16-12-8-4-6-10-14-18-23-37-26-28-40(45)33(2)42-37/h30,32-33,35-42,44-45H,3-29,31H2,1-2H3/t32-,33+,35+,36+,37-,38-,39-,40+/m0/s1. The second kappa shape index (κ2) is 21.5. The van der Waals surface area contributed by atoms with Crippen molar-refractivity contribution >= 4 is 0 Å². The quantitative estimate of drug-likeness (QED) is 0.0712. The zero-order valence-electron chi connectivity index (χ0n) is 29.8. The molecule has 4 aliphatic rings. The molecule has 3 saturated heterocycles. The first-order valence-electron chi connectivity index (χ1n) is 20.3. The molecule has 0 amide bonds. The maximum atomic E-state index is 9.89. The van der Waals surface area contributed by atoms with Gasteiger partial charge in [-0.15, -0.1) is 0 Å². The Morgan fingerprint density at radius 1 is 0.600 bits per heavy atom. The average molecular weight is 630 g/mol. The monoisotopic (exact) mass is 630 g/mol. The van der Waals surface area contributed by atoms with Gasteiger partial charge in [-0.05, 0) is 96.9 Å². The lowest BCUT2D eigenvalue weighted by atomic mass is 9.85. The lowest BCUT2D eigenvalue weighted by Gasteiger charge is -2.36. The van der Waals surface area contributed by atoms with Crippen molar-refractivity contribution in [2.75, 3.05) is 13.1 Å². The Labute approximate surface area is 279 Å². The highest BCUT2D eigenvalue weighted by Gasteiger charge is 2.34. The fourth-order valence-electron chi connectivity index (χ4n) is 9.17. The lowest BCUT2D eigenvalue weighted by Crippen LogP contribution is -2.48. The molecule has 0 aromatic carbocycles. The van der Waals surface area contributed by atoms with Crippen LogP contribution < -0.4 is 10.6 Å². The van der Waals surface area contributed by atoms with E-state index in [0.717, 1.165) is 37.6 Å². The first kappa shape index (κ1) is 37.4. The minimum atomic E-state index is -0.142. The molecule has 0 saturated carbocycles. The number of hydrogen-bond acceptors (Lipinski definition) is 5. The van der Waals surface area contributed by atoms with Crippen LogP contribution in [-0.2, 0) is 0 Å². The van der Waals surface area contributed by atoms with Crippen molar-refractivity contribution in [1.82, 2.24) is 15.5 Å². The van der Waals surface area contributed by atoms with Crippen LogP contribution in [0.2, 0.25) is 0 Å². The molecule has 4 aliphatic heterocycles. The first-order valence-corrected chi connectivity index (χ1v) is 20.3. The third kappa shape index (κ3) is 13.9. The molecular weight excluding hydrogens is 554 g/mol. The number of nitrogens with one attached hydrogen (secondary N) is 2. The summed E-state index contributed by atoms with van der Waals surface area (Å²) in [5, 5.41) is 27.0. The van der Waals surface area contributed by atoms with Crippen LogP contribution in [0.15, 0.2) is 11.6 Å². The molecule has 0 bridgehead atoms. The molecule has 0 aliphatic carbocycles. The second-order valence-corrected chi connectivity index (χ2v) is 16.0. The van der Waals surface area contributed by atoms with Gasteiger partial charge in [-0.25, -0.2) is 0 Å². The summed E-state index contributed by atoms with van der Waals surface area (Å²) < 4.78 is 0. The number of aliphatic hydroxyl groups is 2. The average Bonchev–Trinajstić information content (AvgIpc) is 3.51. The van der Waals surface area contributed by atoms with Crippen molar-refractivity contribution in [1.29, 1.82) is 0 Å². The molecule has 0 spiro atoms. The lowest BCUT2D eigenvalue weighted by molar-refractivity contribution is 0.0848. The molecule has 4 heterocycles. The Balaban J connectivity index is 0.963. The van der Waals surface area contributed by atoms with Gasteiger partial charge < -0.3 is 20.8 Å². The number of aliphatic hydroxyl groups excluding tert-OH is 2. The van der Waals surface area contributed by atoms with E-state index in [1.807, 2.05) is 0 Å². The van der Waals surface area contributed by atoms with Gasteiger partial charge in [0, 0.05) is 36.8 Å². The molecule has 4 N–H and O–H groups in total. The van der Waals surface area contributed by atoms with E-state index in [0.29, 0.717) is 12.1 Å². The number of unbranched alkanes of at least 4 members (excludes halogenated alkanes) is 14. The van der Waals surface area contributed by atoms with E-state index in [1.54, 1.807) is 5.57 Å². The third-order valence-corrected chi connectivity index (χ3v) is 12.2. The van der Waals surface area contributed by atoms with E-state index in [4.69, 9.17) is 0 Å². The van der Waals surface area contributed by atoms with Crippen LogP contribution in [0.5, 0.6) is 0 Å². The maximum absolute atomic E-state index is 9.89. The molecule has 3 fully saturated rings. The minimum absolute atomic E-state index is 0.141. The van der Waals surface area contributed by atoms with E-state index < -0.39 is 0 Å². The van der Waals surface area contributed by atoms with Crippen molar-refractivity contribution in [3.8, 4) is 0 Å². The van der Waals surface area contributed by atoms with Gasteiger partial charge in [0.05, 0.1) is 12.2 Å². The van der Waals surface area contributed by atoms with Crippen molar-refractivity contribution in [3.05, 3.63) is 11.6 Å². The molecule has 262 valence electrons. The van der Waals surface area contributed by atoms with E-state index in [-0.39, 0.29) is 24.3 Å². The predicted molar refractivity (Wildman–Crippen MR) is 192 cm³/mol. The summed E-state index contributed by atoms with van der Waals surface area (Å²) in [6, 6.07) is 2.66. The summed E-state index contributed by atoms with van der Waals surface area (Å²) in [5.74, 6) is 0.825. The number of nitrogens with zero attached hydrogens (tertiary/aromatic N) is 1. The number of hydrogen-bond donors (Lipinski definition) is 4. The normalized spacial score (nSPS) is 32.5. The summed E-state index contributed by atoms with van der Waals surface area (Å²) in [6.07, 6.45) is 37.4. The topological polar surface area (TPSA) is 67.8 Å². The van der Waals surface area contributed by atoms with Crippen molar-refractivity contribution in [3.63, 3.8) is 0 Å². The molecule has 5 heteroatoms. The highest BCUT2D eigenvalue weighted by Crippen LogP contribution is 2.35. The molecule has 0 radical (unpaired) electrons. The van der Waals surface area contributed by atoms with Gasteiger partial charge in [0.2, 0.25) is 0 Å². The second-order valence-electron chi connectivity index (χ2n) is 16.0. The SMILES string of the molecule is C[C@@H]1N[C@H](CCCCCCCCCCC2=C[C@@H](CCCCCCCCCC[C@H]3CC[C@@H](O)[C@@H](C)N3)[C@@H]3CCCN3C2)CC[C@@H]1O. The van der Waals surface area contributed by atoms with Gasteiger partial charge in [0.15, 0.2) is 0 Å². The summed E-state index contributed by atoms with van der Waals surface area (Å²) in [6.45, 7) is 6.86. The van der Waals surface area contributed by atoms with Gasteiger partial charge in [-0.3, -0.25) is 4.90 Å². The highest BCUT2D eigenvalue weighted by atomic mass is 16.3. The van der Waals surface area contributed by atoms with Crippen LogP contribution >= 0.6 is 0 Å². The van der Waals surface area contributed by atoms with Gasteiger partial charge >= 0.3 is 0 Å². The smallest absolute Gasteiger partial charge is 0.0691 e. The Bertz CT molecular complexity index is 804. The Kier molecular flexibility index (Phi) is 17.8. The molecule has 0 aromatic heterocycles. The summed E-state index contributed by atoms with van der Waals surface area (Å²) in [4.78, 5) is 2.84. The number of piperidine rings is 2. The van der Waals surface area contributed by atoms with Crippen molar-refractivity contribution in [2.45, 2.75) is 223 Å². The zero-order chi connectivity index (χ0) is 31.7. The predicted octanol–water partition coefficient (Wildman–Crippen LogP) is 8.81. The van der Waals surface area contributed by atoms with Gasteiger partial charge in [0.25, 0.3) is 0 Å². The molecule has 0 aromatic rings. The number of fused-ring (bicyclic) bond motifs is 1. The van der Waals surface area contributed by atoms with Crippen LogP contribution in [0, 0.1) is 5.92 Å². The van der Waals surface area contributed by atoms with Gasteiger partial charge in [-0.2, -0.15) is 0 Å². The van der Waals surface area contributed by atoms with Crippen LogP contribution in [0.25, 0.3) is 0 Å². The maximum Gasteiger partial charge on any atom is 0.0691 e. The molecular formula is C40H75N3O2. The minimum Gasteiger partial charge on any atom is -0.392 e. The van der Waals surface area contributed by atoms with Gasteiger partial charge in [0.1, 0.15) is 0 Å². The van der Waals surface area contributed by atoms with Crippen molar-refractivity contribution < 1.29 is 10.2 Å². The Morgan fingerprint density at radius 3 is 1.58 bits per heavy atom. The van der Waals surface area contributed by atoms with E-state index in [2.05, 4.69) is 35.5 Å². The largest absolute Gasteiger partial charge is 0.392 e. The van der Waals surface area contributed by atoms with Crippen LogP contribution in [0.1, 0.15) is 181 Å². The Morgan fingerprint density at radius 2 is 1.07 bits per heavy atom. The molecule has 4 rings (SSSR count). The number of rotatable bonds is 22. The van der Waals surface area contributed by atoms with Crippen LogP contribution in [0.3, 0.4) is 0 Å². The summed E-state index contributed by atoms with van der Waals surface area (Å²) in [7, 11) is 0. The van der Waals surface area contributed by atoms with E-state index in [1.165, 1.54) is 154 Å². The first-order chi connectivity index (χ1) is 22.0.